The monoisotopic (exact) mass is 272 g/mol. The molecule has 1 unspecified atom stereocenters. The quantitative estimate of drug-likeness (QED) is 0.513. The molecule has 0 fully saturated rings. The largest absolute Gasteiger partial charge is 0.393 e. The summed E-state index contributed by atoms with van der Waals surface area (Å²) in [5, 5.41) is 10.8. The lowest BCUT2D eigenvalue weighted by atomic mass is 10.1. The van der Waals surface area contributed by atoms with Crippen LogP contribution in [0.3, 0.4) is 0 Å². The van der Waals surface area contributed by atoms with E-state index in [1.165, 1.54) is 12.1 Å². The van der Waals surface area contributed by atoms with Gasteiger partial charge >= 0.3 is 0 Å². The van der Waals surface area contributed by atoms with Gasteiger partial charge in [0.2, 0.25) is 0 Å². The SMILES string of the molecule is CC(OCc1ccc(N)c([N+](=O)[O-])c1)c1ccccc1. The normalized spacial score (nSPS) is 12.1. The average Bonchev–Trinajstić information content (AvgIpc) is 2.46. The van der Waals surface area contributed by atoms with E-state index in [9.17, 15) is 10.1 Å². The molecule has 0 aliphatic rings. The van der Waals surface area contributed by atoms with Crippen LogP contribution in [0.1, 0.15) is 24.2 Å². The van der Waals surface area contributed by atoms with Gasteiger partial charge in [-0.25, -0.2) is 0 Å². The van der Waals surface area contributed by atoms with Gasteiger partial charge in [-0.1, -0.05) is 36.4 Å². The Morgan fingerprint density at radius 2 is 1.95 bits per heavy atom. The summed E-state index contributed by atoms with van der Waals surface area (Å²) < 4.78 is 5.73. The highest BCUT2D eigenvalue weighted by molar-refractivity contribution is 5.59. The van der Waals surface area contributed by atoms with Gasteiger partial charge in [-0.15, -0.1) is 0 Å². The maximum Gasteiger partial charge on any atom is 0.292 e. The molecule has 0 saturated carbocycles. The van der Waals surface area contributed by atoms with Crippen molar-refractivity contribution in [3.05, 3.63) is 69.8 Å². The number of hydrogen-bond donors (Lipinski definition) is 1. The van der Waals surface area contributed by atoms with Gasteiger partial charge in [0.05, 0.1) is 17.6 Å². The van der Waals surface area contributed by atoms with Crippen LogP contribution >= 0.6 is 0 Å². The summed E-state index contributed by atoms with van der Waals surface area (Å²) in [5.41, 5.74) is 7.43. The number of nitro groups is 1. The minimum Gasteiger partial charge on any atom is -0.393 e. The van der Waals surface area contributed by atoms with Gasteiger partial charge in [0.25, 0.3) is 5.69 Å². The Balaban J connectivity index is 2.04. The highest BCUT2D eigenvalue weighted by Gasteiger charge is 2.12. The first-order valence-electron chi connectivity index (χ1n) is 6.27. The molecule has 104 valence electrons. The second kappa shape index (κ2) is 6.16. The maximum atomic E-state index is 10.8. The summed E-state index contributed by atoms with van der Waals surface area (Å²) >= 11 is 0. The van der Waals surface area contributed by atoms with E-state index in [0.29, 0.717) is 6.61 Å². The molecule has 2 aromatic carbocycles. The zero-order valence-corrected chi connectivity index (χ0v) is 11.2. The molecule has 2 N–H and O–H groups in total. The Bertz CT molecular complexity index is 599. The molecule has 1 atom stereocenters. The van der Waals surface area contributed by atoms with Crippen molar-refractivity contribution in [3.8, 4) is 0 Å². The van der Waals surface area contributed by atoms with Crippen LogP contribution in [0.15, 0.2) is 48.5 Å². The zero-order chi connectivity index (χ0) is 14.5. The fourth-order valence-corrected chi connectivity index (χ4v) is 1.88. The van der Waals surface area contributed by atoms with Gasteiger partial charge in [0.15, 0.2) is 0 Å². The molecule has 5 nitrogen and oxygen atoms in total. The van der Waals surface area contributed by atoms with E-state index < -0.39 is 4.92 Å². The van der Waals surface area contributed by atoms with Gasteiger partial charge in [-0.2, -0.15) is 0 Å². The maximum absolute atomic E-state index is 10.8. The van der Waals surface area contributed by atoms with Crippen molar-refractivity contribution >= 4 is 11.4 Å². The molecule has 0 aliphatic carbocycles. The highest BCUT2D eigenvalue weighted by Crippen LogP contribution is 2.24. The first-order valence-corrected chi connectivity index (χ1v) is 6.27. The Hall–Kier alpha value is -2.40. The lowest BCUT2D eigenvalue weighted by Crippen LogP contribution is -2.02. The van der Waals surface area contributed by atoms with Crippen LogP contribution < -0.4 is 5.73 Å². The summed E-state index contributed by atoms with van der Waals surface area (Å²) in [6.07, 6.45) is -0.0761. The number of nitro benzene ring substituents is 1. The van der Waals surface area contributed by atoms with E-state index >= 15 is 0 Å². The van der Waals surface area contributed by atoms with Gasteiger partial charge in [0.1, 0.15) is 5.69 Å². The summed E-state index contributed by atoms with van der Waals surface area (Å²) in [7, 11) is 0. The molecule has 20 heavy (non-hydrogen) atoms. The first kappa shape index (κ1) is 14.0. The van der Waals surface area contributed by atoms with Crippen molar-refractivity contribution in [2.75, 3.05) is 5.73 Å². The molecule has 0 heterocycles. The van der Waals surface area contributed by atoms with Crippen molar-refractivity contribution in [1.82, 2.24) is 0 Å². The van der Waals surface area contributed by atoms with Gasteiger partial charge in [-0.05, 0) is 24.1 Å². The Labute approximate surface area is 117 Å². The van der Waals surface area contributed by atoms with Crippen molar-refractivity contribution in [2.45, 2.75) is 19.6 Å². The molecule has 0 aromatic heterocycles. The molecular formula is C15H16N2O3. The van der Waals surface area contributed by atoms with E-state index in [4.69, 9.17) is 10.5 Å². The van der Waals surface area contributed by atoms with E-state index in [-0.39, 0.29) is 17.5 Å². The molecule has 0 radical (unpaired) electrons. The predicted molar refractivity (Wildman–Crippen MR) is 77.2 cm³/mol. The van der Waals surface area contributed by atoms with Crippen LogP contribution in [0.2, 0.25) is 0 Å². The number of rotatable bonds is 5. The number of hydrogen-bond acceptors (Lipinski definition) is 4. The highest BCUT2D eigenvalue weighted by atomic mass is 16.6. The second-order valence-electron chi connectivity index (χ2n) is 4.51. The van der Waals surface area contributed by atoms with Crippen molar-refractivity contribution in [1.29, 1.82) is 0 Å². The van der Waals surface area contributed by atoms with E-state index in [0.717, 1.165) is 11.1 Å². The zero-order valence-electron chi connectivity index (χ0n) is 11.2. The van der Waals surface area contributed by atoms with Crippen LogP contribution in [-0.2, 0) is 11.3 Å². The van der Waals surface area contributed by atoms with Crippen molar-refractivity contribution < 1.29 is 9.66 Å². The summed E-state index contributed by atoms with van der Waals surface area (Å²) in [6.45, 7) is 2.25. The van der Waals surface area contributed by atoms with Crippen LogP contribution in [0.4, 0.5) is 11.4 Å². The number of benzene rings is 2. The van der Waals surface area contributed by atoms with Crippen LogP contribution in [0, 0.1) is 10.1 Å². The third-order valence-corrected chi connectivity index (χ3v) is 3.06. The number of nitrogen functional groups attached to an aromatic ring is 1. The first-order chi connectivity index (χ1) is 9.58. The summed E-state index contributed by atoms with van der Waals surface area (Å²) in [4.78, 5) is 10.3. The minimum absolute atomic E-state index is 0.0761. The molecule has 0 aliphatic heterocycles. The standard InChI is InChI=1S/C15H16N2O3/c1-11(13-5-3-2-4-6-13)20-10-12-7-8-14(16)15(9-12)17(18)19/h2-9,11H,10,16H2,1H3. The second-order valence-corrected chi connectivity index (χ2v) is 4.51. The Morgan fingerprint density at radius 3 is 2.60 bits per heavy atom. The Kier molecular flexibility index (Phi) is 4.32. The molecule has 0 bridgehead atoms. The molecule has 0 amide bonds. The van der Waals surface area contributed by atoms with Crippen LogP contribution in [0.5, 0.6) is 0 Å². The third-order valence-electron chi connectivity index (χ3n) is 3.06. The fraction of sp³-hybridized carbons (Fsp3) is 0.200. The van der Waals surface area contributed by atoms with E-state index in [1.807, 2.05) is 37.3 Å². The van der Waals surface area contributed by atoms with E-state index in [2.05, 4.69) is 0 Å². The van der Waals surface area contributed by atoms with Gasteiger partial charge in [-0.3, -0.25) is 10.1 Å². The van der Waals surface area contributed by atoms with Crippen LogP contribution in [-0.4, -0.2) is 4.92 Å². The minimum atomic E-state index is -0.487. The average molecular weight is 272 g/mol. The smallest absolute Gasteiger partial charge is 0.292 e. The molecule has 5 heteroatoms. The van der Waals surface area contributed by atoms with Crippen molar-refractivity contribution in [3.63, 3.8) is 0 Å². The van der Waals surface area contributed by atoms with Gasteiger partial charge < -0.3 is 10.5 Å². The molecule has 0 saturated heterocycles. The Morgan fingerprint density at radius 1 is 1.25 bits per heavy atom. The van der Waals surface area contributed by atoms with E-state index in [1.54, 1.807) is 6.07 Å². The lowest BCUT2D eigenvalue weighted by Gasteiger charge is -2.13. The number of ether oxygens (including phenoxy) is 1. The molecule has 2 aromatic rings. The van der Waals surface area contributed by atoms with Crippen LogP contribution in [0.25, 0.3) is 0 Å². The molecular weight excluding hydrogens is 256 g/mol. The molecule has 0 spiro atoms. The summed E-state index contributed by atoms with van der Waals surface area (Å²) in [5.74, 6) is 0. The summed E-state index contributed by atoms with van der Waals surface area (Å²) in [6, 6.07) is 14.5. The topological polar surface area (TPSA) is 78.4 Å². The fourth-order valence-electron chi connectivity index (χ4n) is 1.88. The number of nitrogens with zero attached hydrogens (tertiary/aromatic N) is 1. The third kappa shape index (κ3) is 3.33. The number of anilines is 1. The number of nitrogens with two attached hydrogens (primary N) is 1. The van der Waals surface area contributed by atoms with Gasteiger partial charge in [0, 0.05) is 6.07 Å². The van der Waals surface area contributed by atoms with Crippen molar-refractivity contribution in [2.24, 2.45) is 0 Å². The lowest BCUT2D eigenvalue weighted by molar-refractivity contribution is -0.384. The molecule has 2 rings (SSSR count). The predicted octanol–water partition coefficient (Wildman–Crippen LogP) is 3.45.